The molecule has 0 aromatic heterocycles. The molecule has 0 bridgehead atoms. The van der Waals surface area contributed by atoms with E-state index in [2.05, 4.69) is 16.0 Å². The van der Waals surface area contributed by atoms with Gasteiger partial charge in [0.05, 0.1) is 0 Å². The smallest absolute Gasteiger partial charge is 0.315 e. The summed E-state index contributed by atoms with van der Waals surface area (Å²) in [5, 5.41) is 8.36. The molecule has 0 heterocycles. The standard InChI is InChI=1S/C22H28FN3O2/c1-3-7-20(21(27)24-14-16(2)18-8-5-4-6-9-18)26-22(28)25-15-17-10-12-19(23)13-11-17/h4-6,8-13,16,20H,3,7,14-15H2,1-2H3,(H,24,27)(H2,25,26,28)/t16-,20+/m0/s1. The number of carbonyl (C=O) groups excluding carboxylic acids is 2. The Morgan fingerprint density at radius 3 is 2.32 bits per heavy atom. The number of carbonyl (C=O) groups is 2. The maximum atomic E-state index is 12.9. The van der Waals surface area contributed by atoms with Crippen LogP contribution in [0.25, 0.3) is 0 Å². The van der Waals surface area contributed by atoms with Crippen molar-refractivity contribution >= 4 is 11.9 Å². The lowest BCUT2D eigenvalue weighted by atomic mass is 10.0. The van der Waals surface area contributed by atoms with Crippen LogP contribution in [0.3, 0.4) is 0 Å². The van der Waals surface area contributed by atoms with E-state index in [-0.39, 0.29) is 24.2 Å². The molecule has 2 aromatic carbocycles. The van der Waals surface area contributed by atoms with Gasteiger partial charge in [-0.15, -0.1) is 0 Å². The molecule has 0 aliphatic carbocycles. The van der Waals surface area contributed by atoms with Gasteiger partial charge >= 0.3 is 6.03 Å². The molecule has 3 amide bonds. The number of urea groups is 1. The lowest BCUT2D eigenvalue weighted by Gasteiger charge is -2.20. The van der Waals surface area contributed by atoms with Gasteiger partial charge in [0.25, 0.3) is 0 Å². The van der Waals surface area contributed by atoms with Crippen molar-refractivity contribution in [3.05, 3.63) is 71.5 Å². The zero-order valence-corrected chi connectivity index (χ0v) is 16.4. The Hall–Kier alpha value is -2.89. The molecule has 150 valence electrons. The van der Waals surface area contributed by atoms with Crippen LogP contribution in [-0.4, -0.2) is 24.5 Å². The van der Waals surface area contributed by atoms with Crippen LogP contribution in [0.4, 0.5) is 9.18 Å². The normalized spacial score (nSPS) is 12.7. The van der Waals surface area contributed by atoms with E-state index >= 15 is 0 Å². The van der Waals surface area contributed by atoms with Crippen LogP contribution >= 0.6 is 0 Å². The molecule has 0 fully saturated rings. The minimum absolute atomic E-state index is 0.180. The summed E-state index contributed by atoms with van der Waals surface area (Å²) in [4.78, 5) is 24.7. The molecular weight excluding hydrogens is 357 g/mol. The third-order valence-electron chi connectivity index (χ3n) is 4.52. The Labute approximate surface area is 165 Å². The summed E-state index contributed by atoms with van der Waals surface area (Å²) in [6.45, 7) is 4.78. The quantitative estimate of drug-likeness (QED) is 0.616. The third-order valence-corrected chi connectivity index (χ3v) is 4.52. The van der Waals surface area contributed by atoms with E-state index in [1.165, 1.54) is 12.1 Å². The van der Waals surface area contributed by atoms with Gasteiger partial charge in [0.1, 0.15) is 11.9 Å². The topological polar surface area (TPSA) is 70.2 Å². The first-order valence-corrected chi connectivity index (χ1v) is 9.61. The van der Waals surface area contributed by atoms with Gasteiger partial charge in [0.15, 0.2) is 0 Å². The van der Waals surface area contributed by atoms with E-state index in [1.54, 1.807) is 12.1 Å². The highest BCUT2D eigenvalue weighted by molar-refractivity contribution is 5.87. The second kappa shape index (κ2) is 11.1. The Kier molecular flexibility index (Phi) is 8.46. The van der Waals surface area contributed by atoms with Gasteiger partial charge in [-0.3, -0.25) is 4.79 Å². The number of hydrogen-bond acceptors (Lipinski definition) is 2. The molecule has 2 aromatic rings. The van der Waals surface area contributed by atoms with Gasteiger partial charge in [-0.25, -0.2) is 9.18 Å². The summed E-state index contributed by atoms with van der Waals surface area (Å²) >= 11 is 0. The maximum Gasteiger partial charge on any atom is 0.315 e. The average Bonchev–Trinajstić information content (AvgIpc) is 2.71. The van der Waals surface area contributed by atoms with Crippen LogP contribution in [0.2, 0.25) is 0 Å². The van der Waals surface area contributed by atoms with E-state index in [9.17, 15) is 14.0 Å². The Balaban J connectivity index is 1.82. The average molecular weight is 385 g/mol. The Bertz CT molecular complexity index is 750. The second-order valence-corrected chi connectivity index (χ2v) is 6.85. The van der Waals surface area contributed by atoms with Crippen molar-refractivity contribution in [3.63, 3.8) is 0 Å². The predicted molar refractivity (Wildman–Crippen MR) is 108 cm³/mol. The van der Waals surface area contributed by atoms with Crippen molar-refractivity contribution in [3.8, 4) is 0 Å². The van der Waals surface area contributed by atoms with E-state index in [0.29, 0.717) is 13.0 Å². The summed E-state index contributed by atoms with van der Waals surface area (Å²) in [5.41, 5.74) is 1.93. The number of nitrogens with one attached hydrogen (secondary N) is 3. The molecule has 28 heavy (non-hydrogen) atoms. The minimum Gasteiger partial charge on any atom is -0.354 e. The van der Waals surface area contributed by atoms with Crippen LogP contribution in [0, 0.1) is 5.82 Å². The van der Waals surface area contributed by atoms with Crippen molar-refractivity contribution in [2.24, 2.45) is 0 Å². The molecule has 3 N–H and O–H groups in total. The fraction of sp³-hybridized carbons (Fsp3) is 0.364. The number of rotatable bonds is 9. The molecule has 0 saturated heterocycles. The van der Waals surface area contributed by atoms with Crippen molar-refractivity contribution in [1.82, 2.24) is 16.0 Å². The molecule has 6 heteroatoms. The first-order chi connectivity index (χ1) is 13.5. The van der Waals surface area contributed by atoms with Gasteiger partial charge in [-0.2, -0.15) is 0 Å². The van der Waals surface area contributed by atoms with Gasteiger partial charge in [0.2, 0.25) is 5.91 Å². The molecule has 0 saturated carbocycles. The van der Waals surface area contributed by atoms with E-state index < -0.39 is 12.1 Å². The van der Waals surface area contributed by atoms with Crippen LogP contribution in [-0.2, 0) is 11.3 Å². The minimum atomic E-state index is -0.596. The van der Waals surface area contributed by atoms with Crippen molar-refractivity contribution in [2.75, 3.05) is 6.54 Å². The monoisotopic (exact) mass is 385 g/mol. The fourth-order valence-electron chi connectivity index (χ4n) is 2.83. The van der Waals surface area contributed by atoms with Gasteiger partial charge in [-0.05, 0) is 35.6 Å². The van der Waals surface area contributed by atoms with E-state index in [0.717, 1.165) is 17.5 Å². The van der Waals surface area contributed by atoms with Gasteiger partial charge < -0.3 is 16.0 Å². The molecule has 0 spiro atoms. The zero-order valence-electron chi connectivity index (χ0n) is 16.4. The van der Waals surface area contributed by atoms with E-state index in [4.69, 9.17) is 0 Å². The molecule has 0 aliphatic rings. The van der Waals surface area contributed by atoms with Crippen LogP contribution in [0.15, 0.2) is 54.6 Å². The lowest BCUT2D eigenvalue weighted by molar-refractivity contribution is -0.123. The van der Waals surface area contributed by atoms with Crippen LogP contribution in [0.1, 0.15) is 43.7 Å². The summed E-state index contributed by atoms with van der Waals surface area (Å²) in [6.07, 6.45) is 1.32. The molecule has 0 aliphatic heterocycles. The highest BCUT2D eigenvalue weighted by atomic mass is 19.1. The summed E-state index contributed by atoms with van der Waals surface area (Å²) in [6, 6.07) is 14.8. The largest absolute Gasteiger partial charge is 0.354 e. The number of benzene rings is 2. The first kappa shape index (κ1) is 21.4. The molecule has 5 nitrogen and oxygen atoms in total. The van der Waals surface area contributed by atoms with Gasteiger partial charge in [-0.1, -0.05) is 62.7 Å². The Morgan fingerprint density at radius 1 is 1.00 bits per heavy atom. The summed E-state index contributed by atoms with van der Waals surface area (Å²) in [5.74, 6) is -0.334. The first-order valence-electron chi connectivity index (χ1n) is 9.61. The highest BCUT2D eigenvalue weighted by Gasteiger charge is 2.20. The molecule has 2 rings (SSSR count). The number of hydrogen-bond donors (Lipinski definition) is 3. The summed E-state index contributed by atoms with van der Waals surface area (Å²) < 4.78 is 12.9. The van der Waals surface area contributed by atoms with Crippen molar-refractivity contribution in [2.45, 2.75) is 45.2 Å². The molecule has 2 atom stereocenters. The molecule has 0 unspecified atom stereocenters. The predicted octanol–water partition coefficient (Wildman–Crippen LogP) is 3.71. The van der Waals surface area contributed by atoms with E-state index in [1.807, 2.05) is 44.2 Å². The maximum absolute atomic E-state index is 12.9. The highest BCUT2D eigenvalue weighted by Crippen LogP contribution is 2.13. The number of amides is 3. The number of halogens is 1. The zero-order chi connectivity index (χ0) is 20.4. The van der Waals surface area contributed by atoms with Crippen LogP contribution in [0.5, 0.6) is 0 Å². The van der Waals surface area contributed by atoms with Crippen molar-refractivity contribution < 1.29 is 14.0 Å². The second-order valence-electron chi connectivity index (χ2n) is 6.85. The third kappa shape index (κ3) is 7.02. The van der Waals surface area contributed by atoms with Gasteiger partial charge in [0, 0.05) is 13.1 Å². The molecular formula is C22H28FN3O2. The summed E-state index contributed by atoms with van der Waals surface area (Å²) in [7, 11) is 0. The molecule has 0 radical (unpaired) electrons. The SMILES string of the molecule is CCC[C@@H](NC(=O)NCc1ccc(F)cc1)C(=O)NC[C@H](C)c1ccccc1. The Morgan fingerprint density at radius 2 is 1.68 bits per heavy atom. The fourth-order valence-corrected chi connectivity index (χ4v) is 2.83. The lowest BCUT2D eigenvalue weighted by Crippen LogP contribution is -2.50. The van der Waals surface area contributed by atoms with Crippen LogP contribution < -0.4 is 16.0 Å². The van der Waals surface area contributed by atoms with Crippen molar-refractivity contribution in [1.29, 1.82) is 0 Å².